The minimum absolute atomic E-state index is 0.171. The van der Waals surface area contributed by atoms with Gasteiger partial charge in [0.2, 0.25) is 5.91 Å². The summed E-state index contributed by atoms with van der Waals surface area (Å²) in [5, 5.41) is 2.78. The molecule has 150 valence electrons. The average molecular weight is 383 g/mol. The minimum Gasteiger partial charge on any atom is -0.459 e. The molecular weight excluding hydrogens is 354 g/mol. The highest BCUT2D eigenvalue weighted by molar-refractivity contribution is 5.91. The molecule has 0 spiro atoms. The van der Waals surface area contributed by atoms with Crippen molar-refractivity contribution in [2.45, 2.75) is 32.7 Å². The Hall–Kier alpha value is -2.60. The second-order valence-electron chi connectivity index (χ2n) is 7.33. The quantitative estimate of drug-likeness (QED) is 0.747. The zero-order valence-corrected chi connectivity index (χ0v) is 16.5. The van der Waals surface area contributed by atoms with Crippen LogP contribution in [0.15, 0.2) is 47.1 Å². The Morgan fingerprint density at radius 3 is 2.64 bits per heavy atom. The third-order valence-corrected chi connectivity index (χ3v) is 5.07. The van der Waals surface area contributed by atoms with Crippen LogP contribution >= 0.6 is 0 Å². The van der Waals surface area contributed by atoms with Crippen LogP contribution in [0.4, 0.5) is 0 Å². The smallest absolute Gasteiger partial charge is 0.286 e. The lowest BCUT2D eigenvalue weighted by molar-refractivity contribution is -0.131. The molecule has 0 aliphatic carbocycles. The largest absolute Gasteiger partial charge is 0.459 e. The monoisotopic (exact) mass is 383 g/mol. The maximum Gasteiger partial charge on any atom is 0.286 e. The third kappa shape index (κ3) is 5.96. The highest BCUT2D eigenvalue weighted by Crippen LogP contribution is 2.11. The van der Waals surface area contributed by atoms with Crippen molar-refractivity contribution in [3.63, 3.8) is 0 Å². The van der Waals surface area contributed by atoms with E-state index >= 15 is 0 Å². The van der Waals surface area contributed by atoms with E-state index in [2.05, 4.69) is 41.4 Å². The summed E-state index contributed by atoms with van der Waals surface area (Å²) in [4.78, 5) is 28.7. The van der Waals surface area contributed by atoms with Crippen LogP contribution in [0.5, 0.6) is 0 Å². The number of furan rings is 1. The fourth-order valence-corrected chi connectivity index (χ4v) is 3.42. The molecule has 0 bridgehead atoms. The van der Waals surface area contributed by atoms with Crippen LogP contribution in [-0.4, -0.2) is 54.3 Å². The van der Waals surface area contributed by atoms with Crippen molar-refractivity contribution >= 4 is 11.8 Å². The number of amides is 2. The number of hydrogen-bond donors (Lipinski definition) is 1. The van der Waals surface area contributed by atoms with Crippen molar-refractivity contribution in [1.82, 2.24) is 15.1 Å². The van der Waals surface area contributed by atoms with Crippen molar-refractivity contribution in [3.8, 4) is 0 Å². The molecule has 1 aromatic heterocycles. The van der Waals surface area contributed by atoms with E-state index in [0.29, 0.717) is 25.1 Å². The van der Waals surface area contributed by atoms with Crippen LogP contribution in [0, 0.1) is 6.92 Å². The first kappa shape index (κ1) is 20.1. The zero-order valence-electron chi connectivity index (χ0n) is 16.5. The van der Waals surface area contributed by atoms with Gasteiger partial charge in [-0.3, -0.25) is 14.5 Å². The van der Waals surface area contributed by atoms with Gasteiger partial charge in [-0.15, -0.1) is 0 Å². The Kier molecular flexibility index (Phi) is 7.25. The van der Waals surface area contributed by atoms with Gasteiger partial charge in [-0.25, -0.2) is 0 Å². The molecule has 2 aromatic rings. The van der Waals surface area contributed by atoms with E-state index in [9.17, 15) is 9.59 Å². The normalized spacial score (nSPS) is 15.2. The van der Waals surface area contributed by atoms with Crippen LogP contribution in [0.2, 0.25) is 0 Å². The third-order valence-electron chi connectivity index (χ3n) is 5.07. The van der Waals surface area contributed by atoms with Gasteiger partial charge in [-0.1, -0.05) is 29.8 Å². The number of carbonyl (C=O) groups is 2. The lowest BCUT2D eigenvalue weighted by Crippen LogP contribution is -2.35. The molecule has 1 saturated heterocycles. The minimum atomic E-state index is -0.237. The van der Waals surface area contributed by atoms with Crippen LogP contribution in [0.1, 0.15) is 40.9 Å². The number of nitrogens with one attached hydrogen (secondary N) is 1. The summed E-state index contributed by atoms with van der Waals surface area (Å²) in [6, 6.07) is 12.0. The number of carbonyl (C=O) groups excluding carboxylic acids is 2. The van der Waals surface area contributed by atoms with Gasteiger partial charge in [0.1, 0.15) is 0 Å². The number of hydrogen-bond acceptors (Lipinski definition) is 4. The van der Waals surface area contributed by atoms with Crippen molar-refractivity contribution < 1.29 is 14.0 Å². The number of rotatable bonds is 7. The van der Waals surface area contributed by atoms with E-state index in [0.717, 1.165) is 39.1 Å². The van der Waals surface area contributed by atoms with Crippen LogP contribution in [0.3, 0.4) is 0 Å². The van der Waals surface area contributed by atoms with Crippen molar-refractivity contribution in [1.29, 1.82) is 0 Å². The molecule has 1 aliphatic heterocycles. The molecule has 2 amide bonds. The fourth-order valence-electron chi connectivity index (χ4n) is 3.42. The molecule has 1 aromatic carbocycles. The predicted molar refractivity (Wildman–Crippen MR) is 108 cm³/mol. The summed E-state index contributed by atoms with van der Waals surface area (Å²) < 4.78 is 5.05. The Balaban J connectivity index is 1.36. The Morgan fingerprint density at radius 1 is 1.07 bits per heavy atom. The molecule has 0 radical (unpaired) electrons. The Bertz CT molecular complexity index is 756. The van der Waals surface area contributed by atoms with Gasteiger partial charge in [0.25, 0.3) is 5.91 Å². The van der Waals surface area contributed by atoms with E-state index < -0.39 is 0 Å². The van der Waals surface area contributed by atoms with Crippen LogP contribution in [0.25, 0.3) is 0 Å². The Labute approximate surface area is 166 Å². The van der Waals surface area contributed by atoms with Gasteiger partial charge in [0.15, 0.2) is 5.76 Å². The standard InChI is InChI=1S/C22H29N3O3/c1-18-7-9-19(10-8-18)17-24-12-4-13-25(15-14-24)21(26)6-2-11-23-22(27)20-5-3-16-28-20/h3,5,7-10,16H,2,4,6,11-15,17H2,1H3,(H,23,27). The molecule has 28 heavy (non-hydrogen) atoms. The second-order valence-corrected chi connectivity index (χ2v) is 7.33. The van der Waals surface area contributed by atoms with E-state index in [4.69, 9.17) is 4.42 Å². The van der Waals surface area contributed by atoms with Gasteiger partial charge in [0, 0.05) is 45.7 Å². The second kappa shape index (κ2) is 10.1. The average Bonchev–Trinajstić information content (AvgIpc) is 3.14. The summed E-state index contributed by atoms with van der Waals surface area (Å²) in [5.41, 5.74) is 2.59. The molecule has 2 heterocycles. The van der Waals surface area contributed by atoms with Crippen molar-refractivity contribution in [2.75, 3.05) is 32.7 Å². The maximum atomic E-state index is 12.5. The molecule has 0 atom stereocenters. The zero-order chi connectivity index (χ0) is 19.8. The van der Waals surface area contributed by atoms with Crippen molar-refractivity contribution in [2.24, 2.45) is 0 Å². The van der Waals surface area contributed by atoms with Crippen LogP contribution in [-0.2, 0) is 11.3 Å². The molecule has 1 N–H and O–H groups in total. The summed E-state index contributed by atoms with van der Waals surface area (Å²) in [6.45, 7) is 6.98. The number of benzene rings is 1. The van der Waals surface area contributed by atoms with Gasteiger partial charge in [-0.05, 0) is 37.5 Å². The molecule has 6 heteroatoms. The predicted octanol–water partition coefficient (Wildman–Crippen LogP) is 2.83. The summed E-state index contributed by atoms with van der Waals surface area (Å²) in [5.74, 6) is 0.232. The molecule has 3 rings (SSSR count). The number of aryl methyl sites for hydroxylation is 1. The molecule has 1 aliphatic rings. The van der Waals surface area contributed by atoms with E-state index in [1.807, 2.05) is 4.90 Å². The SMILES string of the molecule is Cc1ccc(CN2CCCN(C(=O)CCCNC(=O)c3ccco3)CC2)cc1. The maximum absolute atomic E-state index is 12.5. The fraction of sp³-hybridized carbons (Fsp3) is 0.455. The lowest BCUT2D eigenvalue weighted by Gasteiger charge is -2.22. The molecule has 1 fully saturated rings. The first-order chi connectivity index (χ1) is 13.6. The van der Waals surface area contributed by atoms with E-state index in [1.54, 1.807) is 12.1 Å². The first-order valence-electron chi connectivity index (χ1n) is 9.99. The summed E-state index contributed by atoms with van der Waals surface area (Å²) in [7, 11) is 0. The van der Waals surface area contributed by atoms with Crippen LogP contribution < -0.4 is 5.32 Å². The Morgan fingerprint density at radius 2 is 1.89 bits per heavy atom. The summed E-state index contributed by atoms with van der Waals surface area (Å²) >= 11 is 0. The highest BCUT2D eigenvalue weighted by atomic mass is 16.3. The van der Waals surface area contributed by atoms with Gasteiger partial charge in [-0.2, -0.15) is 0 Å². The van der Waals surface area contributed by atoms with Crippen molar-refractivity contribution in [3.05, 3.63) is 59.5 Å². The molecule has 0 saturated carbocycles. The van der Waals surface area contributed by atoms with Gasteiger partial charge in [0.05, 0.1) is 6.26 Å². The molecule has 0 unspecified atom stereocenters. The van der Waals surface area contributed by atoms with Gasteiger partial charge < -0.3 is 14.6 Å². The summed E-state index contributed by atoms with van der Waals surface area (Å²) in [6.07, 6.45) is 3.55. The van der Waals surface area contributed by atoms with Gasteiger partial charge >= 0.3 is 0 Å². The highest BCUT2D eigenvalue weighted by Gasteiger charge is 2.19. The topological polar surface area (TPSA) is 65.8 Å². The molecule has 6 nitrogen and oxygen atoms in total. The van der Waals surface area contributed by atoms with E-state index in [1.165, 1.54) is 17.4 Å². The lowest BCUT2D eigenvalue weighted by atomic mass is 10.1. The number of nitrogens with zero attached hydrogens (tertiary/aromatic N) is 2. The first-order valence-corrected chi connectivity index (χ1v) is 9.99. The molecular formula is C22H29N3O3. The van der Waals surface area contributed by atoms with E-state index in [-0.39, 0.29) is 11.8 Å².